The lowest BCUT2D eigenvalue weighted by atomic mass is 9.63. The highest BCUT2D eigenvalue weighted by molar-refractivity contribution is 6.06. The molecule has 0 N–H and O–H groups in total. The lowest BCUT2D eigenvalue weighted by Crippen LogP contribution is -2.40. The van der Waals surface area contributed by atoms with Gasteiger partial charge in [0.25, 0.3) is 11.8 Å². The molecule has 1 saturated heterocycles. The van der Waals surface area contributed by atoms with Crippen molar-refractivity contribution in [2.45, 2.75) is 6.42 Å². The van der Waals surface area contributed by atoms with Crippen molar-refractivity contribution in [2.24, 2.45) is 40.6 Å². The molecule has 25 heavy (non-hydrogen) atoms. The Kier molecular flexibility index (Phi) is 2.46. The fraction of sp³-hybridized carbons (Fsp3) is 0.421. The van der Waals surface area contributed by atoms with Gasteiger partial charge in [-0.3, -0.25) is 9.59 Å². The summed E-state index contributed by atoms with van der Waals surface area (Å²) in [6, 6.07) is 5.43. The van der Waals surface area contributed by atoms with Crippen LogP contribution in [-0.4, -0.2) is 29.8 Å². The second-order valence-corrected chi connectivity index (χ2v) is 7.50. The first kappa shape index (κ1) is 13.6. The summed E-state index contributed by atoms with van der Waals surface area (Å²) in [5, 5.41) is 5.32. The molecular weight excluding hydrogens is 320 g/mol. The Hall–Kier alpha value is -2.63. The van der Waals surface area contributed by atoms with E-state index in [1.807, 2.05) is 6.07 Å². The first-order valence-corrected chi connectivity index (χ1v) is 8.72. The van der Waals surface area contributed by atoms with Crippen molar-refractivity contribution < 1.29 is 19.1 Å². The Labute approximate surface area is 144 Å². The van der Waals surface area contributed by atoms with Gasteiger partial charge in [-0.15, -0.1) is 0 Å². The van der Waals surface area contributed by atoms with Gasteiger partial charge in [-0.25, -0.2) is 0 Å². The number of hydrogen-bond donors (Lipinski definition) is 0. The predicted octanol–water partition coefficient (Wildman–Crippen LogP) is 1.80. The van der Waals surface area contributed by atoms with Crippen molar-refractivity contribution in [2.75, 3.05) is 6.79 Å². The highest BCUT2D eigenvalue weighted by Crippen LogP contribution is 2.65. The van der Waals surface area contributed by atoms with Crippen LogP contribution in [0.2, 0.25) is 0 Å². The minimum absolute atomic E-state index is 0.142. The highest BCUT2D eigenvalue weighted by atomic mass is 16.7. The van der Waals surface area contributed by atoms with Crippen molar-refractivity contribution in [1.82, 2.24) is 5.01 Å². The second-order valence-electron chi connectivity index (χ2n) is 7.50. The SMILES string of the molecule is O=C1[C@@H]2[C@H]3C=C[C@@H]([C@@H]4C[C@H]34)[C@H]2C(=O)N1N=Cc1ccc2c(c1)OCO2. The maximum Gasteiger partial charge on any atom is 0.254 e. The Morgan fingerprint density at radius 1 is 1.00 bits per heavy atom. The maximum atomic E-state index is 12.8. The van der Waals surface area contributed by atoms with E-state index in [9.17, 15) is 9.59 Å². The van der Waals surface area contributed by atoms with E-state index in [0.717, 1.165) is 17.0 Å². The standard InChI is InChI=1S/C19H16N2O4/c22-18-16-10-2-3-11(13-6-12(10)13)17(16)19(23)21(18)20-7-9-1-4-14-15(5-9)25-8-24-14/h1-5,7,10-13,16-17H,6,8H2/t10-,11-,12-,13+,16+,17+/m0/s1. The van der Waals surface area contributed by atoms with Gasteiger partial charge in [0, 0.05) is 0 Å². The van der Waals surface area contributed by atoms with Crippen LogP contribution in [0.25, 0.3) is 0 Å². The molecule has 6 atom stereocenters. The van der Waals surface area contributed by atoms with Crippen LogP contribution in [0.1, 0.15) is 12.0 Å². The number of fused-ring (bicyclic) bond motifs is 1. The summed E-state index contributed by atoms with van der Waals surface area (Å²) < 4.78 is 10.6. The lowest BCUT2D eigenvalue weighted by Gasteiger charge is -2.37. The van der Waals surface area contributed by atoms with Crippen LogP contribution in [0, 0.1) is 35.5 Å². The van der Waals surface area contributed by atoms with Gasteiger partial charge in [-0.2, -0.15) is 10.1 Å². The Bertz CT molecular complexity index is 840. The van der Waals surface area contributed by atoms with E-state index in [1.165, 1.54) is 0 Å². The topological polar surface area (TPSA) is 68.2 Å². The van der Waals surface area contributed by atoms with E-state index in [-0.39, 0.29) is 42.3 Å². The molecule has 0 spiro atoms. The third-order valence-electron chi connectivity index (χ3n) is 6.36. The molecule has 2 bridgehead atoms. The largest absolute Gasteiger partial charge is 0.454 e. The van der Waals surface area contributed by atoms with Gasteiger partial charge in [-0.05, 0) is 53.9 Å². The molecule has 2 aliphatic heterocycles. The van der Waals surface area contributed by atoms with Gasteiger partial charge in [-0.1, -0.05) is 12.2 Å². The Balaban J connectivity index is 1.30. The minimum atomic E-state index is -0.208. The van der Waals surface area contributed by atoms with Gasteiger partial charge >= 0.3 is 0 Å². The molecule has 1 aromatic rings. The Morgan fingerprint density at radius 2 is 1.68 bits per heavy atom. The number of hydrogen-bond acceptors (Lipinski definition) is 5. The Morgan fingerprint density at radius 3 is 2.40 bits per heavy atom. The third-order valence-corrected chi connectivity index (χ3v) is 6.36. The summed E-state index contributed by atoms with van der Waals surface area (Å²) in [4.78, 5) is 25.7. The van der Waals surface area contributed by atoms with Crippen molar-refractivity contribution >= 4 is 18.0 Å². The zero-order valence-corrected chi connectivity index (χ0v) is 13.4. The summed E-state index contributed by atoms with van der Waals surface area (Å²) in [6.07, 6.45) is 7.04. The fourth-order valence-corrected chi connectivity index (χ4v) is 5.17. The minimum Gasteiger partial charge on any atom is -0.454 e. The number of amides is 2. The number of rotatable bonds is 2. The number of hydrazone groups is 1. The quantitative estimate of drug-likeness (QED) is 0.469. The fourth-order valence-electron chi connectivity index (χ4n) is 5.17. The summed E-state index contributed by atoms with van der Waals surface area (Å²) >= 11 is 0. The van der Waals surface area contributed by atoms with Gasteiger partial charge in [0.2, 0.25) is 6.79 Å². The molecule has 2 amide bonds. The third kappa shape index (κ3) is 1.72. The van der Waals surface area contributed by atoms with E-state index in [4.69, 9.17) is 9.47 Å². The molecule has 1 aromatic carbocycles. The van der Waals surface area contributed by atoms with E-state index >= 15 is 0 Å². The number of carbonyl (C=O) groups is 2. The van der Waals surface area contributed by atoms with Crippen LogP contribution in [0.4, 0.5) is 0 Å². The average Bonchev–Trinajstić information content (AvgIpc) is 3.27. The number of carbonyl (C=O) groups excluding carboxylic acids is 2. The number of allylic oxidation sites excluding steroid dienone is 2. The molecule has 126 valence electrons. The first-order valence-electron chi connectivity index (χ1n) is 8.72. The molecular formula is C19H16N2O4. The highest BCUT2D eigenvalue weighted by Gasteiger charge is 2.67. The molecule has 0 aromatic heterocycles. The van der Waals surface area contributed by atoms with Crippen LogP contribution in [0.5, 0.6) is 11.5 Å². The van der Waals surface area contributed by atoms with E-state index in [0.29, 0.717) is 23.3 Å². The molecule has 2 saturated carbocycles. The van der Waals surface area contributed by atoms with E-state index in [1.54, 1.807) is 18.3 Å². The van der Waals surface area contributed by atoms with Crippen LogP contribution in [-0.2, 0) is 9.59 Å². The van der Waals surface area contributed by atoms with Crippen molar-refractivity contribution in [1.29, 1.82) is 0 Å². The second kappa shape index (κ2) is 4.50. The van der Waals surface area contributed by atoms with Crippen LogP contribution < -0.4 is 9.47 Å². The first-order chi connectivity index (χ1) is 12.2. The number of imide groups is 1. The summed E-state index contributed by atoms with van der Waals surface area (Å²) in [7, 11) is 0. The van der Waals surface area contributed by atoms with Crippen LogP contribution in [0.15, 0.2) is 35.5 Å². The van der Waals surface area contributed by atoms with Crippen molar-refractivity contribution in [3.63, 3.8) is 0 Å². The normalized spacial score (nSPS) is 39.3. The smallest absolute Gasteiger partial charge is 0.254 e. The predicted molar refractivity (Wildman–Crippen MR) is 86.7 cm³/mol. The molecule has 2 heterocycles. The van der Waals surface area contributed by atoms with Crippen LogP contribution in [0.3, 0.4) is 0 Å². The molecule has 6 aliphatic rings. The number of nitrogens with zero attached hydrogens (tertiary/aromatic N) is 2. The molecule has 6 heteroatoms. The molecule has 4 aliphatic carbocycles. The summed E-state index contributed by atoms with van der Waals surface area (Å²) in [5.74, 6) is 2.30. The maximum absolute atomic E-state index is 12.8. The van der Waals surface area contributed by atoms with Gasteiger partial charge in [0.05, 0.1) is 18.1 Å². The zero-order chi connectivity index (χ0) is 16.7. The lowest BCUT2D eigenvalue weighted by molar-refractivity contribution is -0.140. The number of ether oxygens (including phenoxy) is 2. The number of benzene rings is 1. The van der Waals surface area contributed by atoms with E-state index < -0.39 is 0 Å². The summed E-state index contributed by atoms with van der Waals surface area (Å²) in [6.45, 7) is 0.209. The molecule has 3 fully saturated rings. The monoisotopic (exact) mass is 336 g/mol. The molecule has 6 nitrogen and oxygen atoms in total. The average molecular weight is 336 g/mol. The van der Waals surface area contributed by atoms with Gasteiger partial charge < -0.3 is 9.47 Å². The van der Waals surface area contributed by atoms with Gasteiger partial charge in [0.1, 0.15) is 0 Å². The van der Waals surface area contributed by atoms with Gasteiger partial charge in [0.15, 0.2) is 11.5 Å². The van der Waals surface area contributed by atoms with Crippen molar-refractivity contribution in [3.8, 4) is 11.5 Å². The van der Waals surface area contributed by atoms with Crippen molar-refractivity contribution in [3.05, 3.63) is 35.9 Å². The summed E-state index contributed by atoms with van der Waals surface area (Å²) in [5.41, 5.74) is 0.767. The molecule has 7 rings (SSSR count). The zero-order valence-electron chi connectivity index (χ0n) is 13.4. The molecule has 0 unspecified atom stereocenters. The van der Waals surface area contributed by atoms with E-state index in [2.05, 4.69) is 17.3 Å². The van der Waals surface area contributed by atoms with Crippen LogP contribution >= 0.6 is 0 Å². The molecule has 0 radical (unpaired) electrons.